The Morgan fingerprint density at radius 2 is 1.61 bits per heavy atom. The van der Waals surface area contributed by atoms with Crippen LogP contribution in [0.3, 0.4) is 0 Å². The molecule has 38 heavy (non-hydrogen) atoms. The van der Waals surface area contributed by atoms with Crippen LogP contribution < -0.4 is 15.4 Å². The van der Waals surface area contributed by atoms with Gasteiger partial charge in [-0.25, -0.2) is 14.5 Å². The summed E-state index contributed by atoms with van der Waals surface area (Å²) in [5.74, 6) is 0.0620. The van der Waals surface area contributed by atoms with E-state index >= 15 is 0 Å². The van der Waals surface area contributed by atoms with E-state index in [1.807, 2.05) is 32.9 Å². The molecule has 0 saturated carbocycles. The van der Waals surface area contributed by atoms with Crippen molar-refractivity contribution in [3.05, 3.63) is 83.7 Å². The molecule has 4 rings (SSSR count). The summed E-state index contributed by atoms with van der Waals surface area (Å²) in [5, 5.41) is 10.2. The molecule has 0 aliphatic rings. The van der Waals surface area contributed by atoms with E-state index in [-0.39, 0.29) is 10.9 Å². The molecule has 2 N–H and O–H groups in total. The van der Waals surface area contributed by atoms with Crippen molar-refractivity contribution in [2.75, 3.05) is 10.6 Å². The SMILES string of the molecule is Cc1cc(C)c(N/C(S)=N/C(=O)Nc2ccc(-c3ncn(-c4ccc(OC(F)(F)F)cc4)n3)cc2)c(C)c1. The summed E-state index contributed by atoms with van der Waals surface area (Å²) in [5.41, 5.74) is 5.70. The molecule has 3 aromatic carbocycles. The first-order chi connectivity index (χ1) is 18.0. The van der Waals surface area contributed by atoms with Crippen molar-refractivity contribution in [1.29, 1.82) is 0 Å². The predicted octanol–water partition coefficient (Wildman–Crippen LogP) is 6.69. The Kier molecular flexibility index (Phi) is 7.72. The zero-order chi connectivity index (χ0) is 27.4. The summed E-state index contributed by atoms with van der Waals surface area (Å²) in [7, 11) is 0. The quantitative estimate of drug-likeness (QED) is 0.149. The number of nitrogens with zero attached hydrogens (tertiary/aromatic N) is 4. The van der Waals surface area contributed by atoms with Crippen LogP contribution in [-0.2, 0) is 0 Å². The van der Waals surface area contributed by atoms with E-state index in [9.17, 15) is 18.0 Å². The Bertz CT molecular complexity index is 1460. The Hall–Kier alpha value is -4.32. The number of hydrogen-bond donors (Lipinski definition) is 3. The van der Waals surface area contributed by atoms with Gasteiger partial charge in [-0.1, -0.05) is 17.7 Å². The lowest BCUT2D eigenvalue weighted by atomic mass is 10.1. The van der Waals surface area contributed by atoms with Crippen LogP contribution in [0, 0.1) is 20.8 Å². The number of amides is 2. The van der Waals surface area contributed by atoms with Crippen LogP contribution in [0.15, 0.2) is 72.0 Å². The molecule has 0 spiro atoms. The molecule has 8 nitrogen and oxygen atoms in total. The molecule has 0 bridgehead atoms. The van der Waals surface area contributed by atoms with Crippen molar-refractivity contribution in [1.82, 2.24) is 14.8 Å². The minimum Gasteiger partial charge on any atom is -0.406 e. The third-order valence-electron chi connectivity index (χ3n) is 5.34. The van der Waals surface area contributed by atoms with Crippen molar-refractivity contribution in [2.45, 2.75) is 27.1 Å². The number of nitrogens with one attached hydrogen (secondary N) is 2. The van der Waals surface area contributed by atoms with Gasteiger partial charge in [0.1, 0.15) is 12.1 Å². The van der Waals surface area contributed by atoms with E-state index in [0.717, 1.165) is 22.4 Å². The number of aromatic nitrogens is 3. The van der Waals surface area contributed by atoms with E-state index in [1.165, 1.54) is 35.3 Å². The van der Waals surface area contributed by atoms with Gasteiger partial charge < -0.3 is 15.4 Å². The summed E-state index contributed by atoms with van der Waals surface area (Å²) in [6.45, 7) is 5.94. The summed E-state index contributed by atoms with van der Waals surface area (Å²) >= 11 is 4.29. The van der Waals surface area contributed by atoms with E-state index in [4.69, 9.17) is 0 Å². The number of alkyl halides is 3. The molecular formula is C26H23F3N6O2S. The highest BCUT2D eigenvalue weighted by atomic mass is 32.1. The first kappa shape index (κ1) is 26.7. The topological polar surface area (TPSA) is 93.4 Å². The first-order valence-electron chi connectivity index (χ1n) is 11.3. The predicted molar refractivity (Wildman–Crippen MR) is 143 cm³/mol. The Morgan fingerprint density at radius 3 is 2.21 bits per heavy atom. The molecule has 0 unspecified atom stereocenters. The van der Waals surface area contributed by atoms with Crippen LogP contribution in [0.2, 0.25) is 0 Å². The molecule has 0 radical (unpaired) electrons. The maximum absolute atomic E-state index is 12.4. The van der Waals surface area contributed by atoms with Crippen LogP contribution in [0.25, 0.3) is 17.1 Å². The van der Waals surface area contributed by atoms with Gasteiger partial charge in [0.2, 0.25) is 0 Å². The third kappa shape index (κ3) is 6.91. The van der Waals surface area contributed by atoms with Crippen molar-refractivity contribution in [2.24, 2.45) is 4.99 Å². The number of hydrogen-bond acceptors (Lipinski definition) is 4. The van der Waals surface area contributed by atoms with Crippen molar-refractivity contribution >= 4 is 35.2 Å². The average molecular weight is 541 g/mol. The van der Waals surface area contributed by atoms with E-state index in [0.29, 0.717) is 22.8 Å². The van der Waals surface area contributed by atoms with Gasteiger partial charge in [-0.15, -0.1) is 30.9 Å². The standard InChI is InChI=1S/C26H23F3N6O2S/c1-15-12-16(2)22(17(3)13-15)32-25(38)33-24(36)31-19-6-4-18(5-7-19)23-30-14-35(34-23)20-8-10-21(11-9-20)37-26(27,28)29/h4-14H,1-3H3,(H3,31,32,33,36,38). The first-order valence-corrected chi connectivity index (χ1v) is 11.7. The summed E-state index contributed by atoms with van der Waals surface area (Å²) < 4.78 is 42.3. The van der Waals surface area contributed by atoms with Crippen LogP contribution >= 0.6 is 12.6 Å². The van der Waals surface area contributed by atoms with Crippen LogP contribution in [-0.4, -0.2) is 32.3 Å². The molecule has 1 heterocycles. The Balaban J connectivity index is 1.38. The fourth-order valence-electron chi connectivity index (χ4n) is 3.79. The largest absolute Gasteiger partial charge is 0.573 e. The summed E-state index contributed by atoms with van der Waals surface area (Å²) in [6.07, 6.45) is -3.32. The number of rotatable bonds is 5. The highest BCUT2D eigenvalue weighted by Gasteiger charge is 2.31. The lowest BCUT2D eigenvalue weighted by Gasteiger charge is -2.13. The van der Waals surface area contributed by atoms with E-state index < -0.39 is 12.4 Å². The number of amidine groups is 1. The zero-order valence-electron chi connectivity index (χ0n) is 20.5. The molecule has 0 atom stereocenters. The lowest BCUT2D eigenvalue weighted by Crippen LogP contribution is -2.17. The number of urea groups is 1. The number of thiol groups is 1. The second-order valence-electron chi connectivity index (χ2n) is 8.40. The number of ether oxygens (including phenoxy) is 1. The Morgan fingerprint density at radius 1 is 0.974 bits per heavy atom. The smallest absolute Gasteiger partial charge is 0.406 e. The highest BCUT2D eigenvalue weighted by Crippen LogP contribution is 2.25. The minimum atomic E-state index is -4.76. The fourth-order valence-corrected chi connectivity index (χ4v) is 3.99. The third-order valence-corrected chi connectivity index (χ3v) is 5.55. The second-order valence-corrected chi connectivity index (χ2v) is 8.82. The lowest BCUT2D eigenvalue weighted by molar-refractivity contribution is -0.274. The van der Waals surface area contributed by atoms with Gasteiger partial charge in [-0.2, -0.15) is 4.99 Å². The molecule has 4 aromatic rings. The minimum absolute atomic E-state index is 0.155. The van der Waals surface area contributed by atoms with Crippen LogP contribution in [0.1, 0.15) is 16.7 Å². The van der Waals surface area contributed by atoms with Crippen molar-refractivity contribution in [3.8, 4) is 22.8 Å². The van der Waals surface area contributed by atoms with E-state index in [1.54, 1.807) is 24.3 Å². The molecule has 0 fully saturated rings. The number of aryl methyl sites for hydroxylation is 3. The maximum atomic E-state index is 12.4. The van der Waals surface area contributed by atoms with Crippen LogP contribution in [0.4, 0.5) is 29.3 Å². The summed E-state index contributed by atoms with van der Waals surface area (Å²) in [6, 6.07) is 15.5. The average Bonchev–Trinajstić information content (AvgIpc) is 3.31. The molecule has 0 aliphatic heterocycles. The maximum Gasteiger partial charge on any atom is 0.573 e. The molecule has 12 heteroatoms. The number of benzene rings is 3. The fraction of sp³-hybridized carbons (Fsp3) is 0.154. The highest BCUT2D eigenvalue weighted by molar-refractivity contribution is 7.97. The number of aliphatic imine (C=N–C) groups is 1. The van der Waals surface area contributed by atoms with Crippen molar-refractivity contribution < 1.29 is 22.7 Å². The molecule has 0 aliphatic carbocycles. The van der Waals surface area contributed by atoms with Gasteiger partial charge in [0.25, 0.3) is 0 Å². The number of anilines is 2. The van der Waals surface area contributed by atoms with Gasteiger partial charge >= 0.3 is 12.4 Å². The monoisotopic (exact) mass is 540 g/mol. The molecule has 2 amide bonds. The zero-order valence-corrected chi connectivity index (χ0v) is 21.4. The van der Waals surface area contributed by atoms with Gasteiger partial charge in [0.15, 0.2) is 11.0 Å². The number of halogens is 3. The second kappa shape index (κ2) is 11.0. The molecule has 196 valence electrons. The molecule has 0 saturated heterocycles. The van der Waals surface area contributed by atoms with Crippen LogP contribution in [0.5, 0.6) is 5.75 Å². The number of carbonyl (C=O) groups excluding carboxylic acids is 1. The van der Waals surface area contributed by atoms with Gasteiger partial charge in [-0.3, -0.25) is 0 Å². The number of carbonyl (C=O) groups is 1. The van der Waals surface area contributed by atoms with E-state index in [2.05, 4.69) is 43.1 Å². The van der Waals surface area contributed by atoms with Gasteiger partial charge in [0.05, 0.1) is 5.69 Å². The summed E-state index contributed by atoms with van der Waals surface area (Å²) in [4.78, 5) is 20.5. The Labute approximate surface area is 222 Å². The molecule has 1 aromatic heterocycles. The normalized spacial score (nSPS) is 11.8. The van der Waals surface area contributed by atoms with Crippen molar-refractivity contribution in [3.63, 3.8) is 0 Å². The van der Waals surface area contributed by atoms with Gasteiger partial charge in [0, 0.05) is 16.9 Å². The van der Waals surface area contributed by atoms with Gasteiger partial charge in [-0.05, 0) is 80.4 Å². The molecular weight excluding hydrogens is 517 g/mol.